The van der Waals surface area contributed by atoms with Crippen molar-refractivity contribution in [2.24, 2.45) is 5.92 Å². The van der Waals surface area contributed by atoms with Crippen LogP contribution in [0.4, 0.5) is 27.6 Å². The molecule has 188 valence electrons. The first-order chi connectivity index (χ1) is 17.0. The second kappa shape index (κ2) is 11.1. The van der Waals surface area contributed by atoms with Crippen LogP contribution in [0.2, 0.25) is 0 Å². The van der Waals surface area contributed by atoms with Gasteiger partial charge < -0.3 is 14.8 Å². The van der Waals surface area contributed by atoms with Gasteiger partial charge in [0.2, 0.25) is 6.10 Å². The molecule has 3 aromatic rings. The Morgan fingerprint density at radius 2 is 1.64 bits per heavy atom. The van der Waals surface area contributed by atoms with E-state index in [9.17, 15) is 32.0 Å². The van der Waals surface area contributed by atoms with Crippen molar-refractivity contribution >= 4 is 11.7 Å². The number of ether oxygens (including phenoxy) is 2. The van der Waals surface area contributed by atoms with Crippen LogP contribution in [-0.2, 0) is 15.7 Å². The molecule has 0 aliphatic rings. The molecule has 5 nitrogen and oxygen atoms in total. The van der Waals surface area contributed by atoms with Gasteiger partial charge in [-0.1, -0.05) is 32.0 Å². The zero-order valence-electron chi connectivity index (χ0n) is 19.1. The number of alkyl halides is 3. The number of nitriles is 1. The quantitative estimate of drug-likeness (QED) is 0.264. The fourth-order valence-corrected chi connectivity index (χ4v) is 3.23. The summed E-state index contributed by atoms with van der Waals surface area (Å²) in [5.41, 5.74) is -1.81. The number of benzene rings is 3. The average molecular weight is 504 g/mol. The van der Waals surface area contributed by atoms with Gasteiger partial charge in [0, 0.05) is 5.56 Å². The number of carbonyl (C=O) groups is 1. The van der Waals surface area contributed by atoms with Crippen molar-refractivity contribution in [3.63, 3.8) is 0 Å². The van der Waals surface area contributed by atoms with Gasteiger partial charge in [0.15, 0.2) is 0 Å². The maximum absolute atomic E-state index is 14.5. The molecule has 0 heterocycles. The highest BCUT2D eigenvalue weighted by Crippen LogP contribution is 2.32. The third kappa shape index (κ3) is 6.50. The first-order valence-corrected chi connectivity index (χ1v) is 10.8. The number of carbonyl (C=O) groups excluding carboxylic acids is 1. The zero-order chi connectivity index (χ0) is 26.5. The average Bonchev–Trinajstić information content (AvgIpc) is 2.82. The molecule has 0 radical (unpaired) electrons. The number of anilines is 1. The number of nitrogens with one attached hydrogen (secondary N) is 1. The SMILES string of the molecule is CC(C)C(Nc1ccc(C(F)(F)F)cc1F)C(=O)OC(C#N)c1cc(Oc2ccccc2)ccc1F. The lowest BCUT2D eigenvalue weighted by Crippen LogP contribution is -2.37. The molecule has 0 aromatic heterocycles. The van der Waals surface area contributed by atoms with Gasteiger partial charge in [0.05, 0.1) is 11.3 Å². The number of esters is 1. The fraction of sp³-hybridized carbons (Fsp3) is 0.231. The molecule has 1 N–H and O–H groups in total. The van der Waals surface area contributed by atoms with Gasteiger partial charge in [-0.2, -0.15) is 18.4 Å². The molecule has 0 aliphatic heterocycles. The molecule has 3 aromatic carbocycles. The van der Waals surface area contributed by atoms with E-state index in [-0.39, 0.29) is 17.0 Å². The highest BCUT2D eigenvalue weighted by molar-refractivity contribution is 5.80. The van der Waals surface area contributed by atoms with Crippen molar-refractivity contribution < 1.29 is 36.2 Å². The van der Waals surface area contributed by atoms with E-state index in [1.165, 1.54) is 12.1 Å². The summed E-state index contributed by atoms with van der Waals surface area (Å²) >= 11 is 0. The van der Waals surface area contributed by atoms with Crippen LogP contribution in [0.5, 0.6) is 11.5 Å². The Morgan fingerprint density at radius 1 is 0.944 bits per heavy atom. The molecule has 0 saturated heterocycles. The van der Waals surface area contributed by atoms with E-state index < -0.39 is 47.4 Å². The van der Waals surface area contributed by atoms with E-state index >= 15 is 0 Å². The lowest BCUT2D eigenvalue weighted by Gasteiger charge is -2.24. The Balaban J connectivity index is 1.80. The van der Waals surface area contributed by atoms with Gasteiger partial charge in [0.25, 0.3) is 0 Å². The molecule has 0 saturated carbocycles. The Hall–Kier alpha value is -4.13. The highest BCUT2D eigenvalue weighted by Gasteiger charge is 2.33. The monoisotopic (exact) mass is 504 g/mol. The van der Waals surface area contributed by atoms with Gasteiger partial charge in [-0.05, 0) is 54.4 Å². The molecule has 0 bridgehead atoms. The minimum absolute atomic E-state index is 0.194. The first kappa shape index (κ1) is 26.5. The standard InChI is InChI=1S/C26H21F5N2O3/c1-15(2)24(33-22-11-8-16(12-21(22)28)26(29,30)31)25(34)36-23(14-32)19-13-18(9-10-20(19)27)35-17-6-4-3-5-7-17/h3-13,15,23-24,33H,1-2H3. The summed E-state index contributed by atoms with van der Waals surface area (Å²) in [5, 5.41) is 12.1. The maximum Gasteiger partial charge on any atom is 0.416 e. The van der Waals surface area contributed by atoms with Crippen molar-refractivity contribution in [2.75, 3.05) is 5.32 Å². The second-order valence-electron chi connectivity index (χ2n) is 8.10. The number of rotatable bonds is 8. The number of hydrogen-bond donors (Lipinski definition) is 1. The fourth-order valence-electron chi connectivity index (χ4n) is 3.23. The third-order valence-corrected chi connectivity index (χ3v) is 5.11. The molecule has 0 fully saturated rings. The van der Waals surface area contributed by atoms with Gasteiger partial charge >= 0.3 is 12.1 Å². The molecule has 0 spiro atoms. The minimum Gasteiger partial charge on any atom is -0.457 e. The van der Waals surface area contributed by atoms with Crippen LogP contribution in [0.3, 0.4) is 0 Å². The number of nitrogens with zero attached hydrogens (tertiary/aromatic N) is 1. The van der Waals surface area contributed by atoms with Crippen LogP contribution < -0.4 is 10.1 Å². The van der Waals surface area contributed by atoms with E-state index in [4.69, 9.17) is 9.47 Å². The van der Waals surface area contributed by atoms with E-state index in [0.29, 0.717) is 17.9 Å². The van der Waals surface area contributed by atoms with Gasteiger partial charge in [0.1, 0.15) is 35.2 Å². The lowest BCUT2D eigenvalue weighted by atomic mass is 10.0. The molecule has 36 heavy (non-hydrogen) atoms. The third-order valence-electron chi connectivity index (χ3n) is 5.11. The Morgan fingerprint density at radius 3 is 2.22 bits per heavy atom. The molecule has 0 amide bonds. The summed E-state index contributed by atoms with van der Waals surface area (Å²) in [4.78, 5) is 12.9. The summed E-state index contributed by atoms with van der Waals surface area (Å²) in [6.45, 7) is 3.16. The summed E-state index contributed by atoms with van der Waals surface area (Å²) < 4.78 is 78.1. The number of para-hydroxylation sites is 1. The summed E-state index contributed by atoms with van der Waals surface area (Å²) in [5.74, 6) is -2.95. The summed E-state index contributed by atoms with van der Waals surface area (Å²) in [6, 6.07) is 14.5. The summed E-state index contributed by atoms with van der Waals surface area (Å²) in [7, 11) is 0. The number of hydrogen-bond acceptors (Lipinski definition) is 5. The van der Waals surface area contributed by atoms with Crippen molar-refractivity contribution in [1.29, 1.82) is 5.26 Å². The topological polar surface area (TPSA) is 71.3 Å². The van der Waals surface area contributed by atoms with Crippen molar-refractivity contribution in [1.82, 2.24) is 0 Å². The van der Waals surface area contributed by atoms with Crippen LogP contribution in [0.15, 0.2) is 66.7 Å². The number of halogens is 5. The zero-order valence-corrected chi connectivity index (χ0v) is 19.1. The molecule has 10 heteroatoms. The molecule has 0 aliphatic carbocycles. The predicted molar refractivity (Wildman–Crippen MR) is 121 cm³/mol. The Labute approximate surface area is 204 Å². The second-order valence-corrected chi connectivity index (χ2v) is 8.10. The van der Waals surface area contributed by atoms with E-state index in [0.717, 1.165) is 12.1 Å². The maximum atomic E-state index is 14.5. The van der Waals surface area contributed by atoms with E-state index in [1.807, 2.05) is 0 Å². The van der Waals surface area contributed by atoms with Gasteiger partial charge in [-0.25, -0.2) is 13.6 Å². The van der Waals surface area contributed by atoms with Crippen molar-refractivity contribution in [3.8, 4) is 17.6 Å². The van der Waals surface area contributed by atoms with Crippen LogP contribution in [0.25, 0.3) is 0 Å². The largest absolute Gasteiger partial charge is 0.457 e. The van der Waals surface area contributed by atoms with Crippen LogP contribution >= 0.6 is 0 Å². The Bertz CT molecular complexity index is 1260. The van der Waals surface area contributed by atoms with Crippen LogP contribution in [0.1, 0.15) is 31.1 Å². The summed E-state index contributed by atoms with van der Waals surface area (Å²) in [6.07, 6.45) is -6.41. The van der Waals surface area contributed by atoms with Crippen molar-refractivity contribution in [2.45, 2.75) is 32.2 Å². The smallest absolute Gasteiger partial charge is 0.416 e. The van der Waals surface area contributed by atoms with Crippen LogP contribution in [0, 0.1) is 28.9 Å². The molecular formula is C26H21F5N2O3. The molecular weight excluding hydrogens is 483 g/mol. The van der Waals surface area contributed by atoms with Crippen molar-refractivity contribution in [3.05, 3.63) is 89.5 Å². The molecule has 2 atom stereocenters. The first-order valence-electron chi connectivity index (χ1n) is 10.8. The van der Waals surface area contributed by atoms with Gasteiger partial charge in [-0.3, -0.25) is 0 Å². The highest BCUT2D eigenvalue weighted by atomic mass is 19.4. The Kier molecular flexibility index (Phi) is 8.14. The van der Waals surface area contributed by atoms with E-state index in [1.54, 1.807) is 50.2 Å². The predicted octanol–water partition coefficient (Wildman–Crippen LogP) is 7.02. The normalized spacial score (nSPS) is 13.0. The molecule has 3 rings (SSSR count). The van der Waals surface area contributed by atoms with Crippen LogP contribution in [-0.4, -0.2) is 12.0 Å². The lowest BCUT2D eigenvalue weighted by molar-refractivity contribution is -0.149. The minimum atomic E-state index is -4.74. The molecule has 2 unspecified atom stereocenters. The van der Waals surface area contributed by atoms with E-state index in [2.05, 4.69) is 5.32 Å². The van der Waals surface area contributed by atoms with Gasteiger partial charge in [-0.15, -0.1) is 0 Å².